The van der Waals surface area contributed by atoms with Crippen molar-refractivity contribution in [3.63, 3.8) is 0 Å². The molecule has 0 aliphatic rings. The third-order valence-electron chi connectivity index (χ3n) is 2.93. The molecule has 2 aromatic rings. The molecule has 23 heavy (non-hydrogen) atoms. The third-order valence-corrected chi connectivity index (χ3v) is 5.50. The Bertz CT molecular complexity index is 808. The minimum Gasteiger partial charge on any atom is -0.352 e. The molecule has 7 heteroatoms. The van der Waals surface area contributed by atoms with E-state index in [0.717, 1.165) is 26.0 Å². The van der Waals surface area contributed by atoms with E-state index < -0.39 is 9.84 Å². The number of hydrogen-bond donors (Lipinski definition) is 1. The second kappa shape index (κ2) is 7.90. The van der Waals surface area contributed by atoms with E-state index in [4.69, 9.17) is 0 Å². The number of sulfone groups is 1. The second-order valence-corrected chi connectivity index (χ2v) is 9.25. The normalized spacial score (nSPS) is 11.7. The maximum atomic E-state index is 11.6. The van der Waals surface area contributed by atoms with Crippen molar-refractivity contribution in [3.8, 4) is 10.4 Å². The molecule has 0 saturated heterocycles. The molecule has 1 aromatic heterocycles. The smallest absolute Gasteiger partial charge is 0.244 e. The van der Waals surface area contributed by atoms with Gasteiger partial charge in [-0.3, -0.25) is 4.79 Å². The molecule has 0 aliphatic carbocycles. The molecule has 1 N–H and O–H groups in total. The van der Waals surface area contributed by atoms with Crippen LogP contribution in [0.2, 0.25) is 0 Å². The number of halogens is 1. The highest BCUT2D eigenvalue weighted by atomic mass is 79.9. The van der Waals surface area contributed by atoms with Crippen molar-refractivity contribution in [2.45, 2.75) is 0 Å². The zero-order valence-electron chi connectivity index (χ0n) is 12.5. The summed E-state index contributed by atoms with van der Waals surface area (Å²) in [4.78, 5) is 13.7. The highest BCUT2D eigenvalue weighted by Gasteiger charge is 2.04. The van der Waals surface area contributed by atoms with Crippen molar-refractivity contribution in [2.75, 3.05) is 18.6 Å². The highest BCUT2D eigenvalue weighted by molar-refractivity contribution is 9.10. The van der Waals surface area contributed by atoms with Crippen LogP contribution in [-0.2, 0) is 14.6 Å². The quantitative estimate of drug-likeness (QED) is 0.738. The first kappa shape index (κ1) is 17.9. The molecule has 0 unspecified atom stereocenters. The van der Waals surface area contributed by atoms with Crippen LogP contribution in [0.25, 0.3) is 16.5 Å². The molecule has 0 atom stereocenters. The standard InChI is InChI=1S/C16H16BrNO3S2/c1-23(20,21)11-10-18-16(19)9-7-14-6-8-15(22-14)12-2-4-13(17)5-3-12/h2-9H,10-11H2,1H3,(H,18,19). The molecular weight excluding hydrogens is 398 g/mol. The van der Waals surface area contributed by atoms with Gasteiger partial charge in [-0.1, -0.05) is 28.1 Å². The van der Waals surface area contributed by atoms with Crippen LogP contribution < -0.4 is 5.32 Å². The van der Waals surface area contributed by atoms with Crippen LogP contribution in [0.5, 0.6) is 0 Å². The summed E-state index contributed by atoms with van der Waals surface area (Å²) in [5.41, 5.74) is 1.12. The highest BCUT2D eigenvalue weighted by Crippen LogP contribution is 2.29. The molecule has 2 rings (SSSR count). The predicted octanol–water partition coefficient (Wildman–Crippen LogP) is 3.35. The lowest BCUT2D eigenvalue weighted by molar-refractivity contribution is -0.116. The van der Waals surface area contributed by atoms with E-state index in [1.165, 1.54) is 6.08 Å². The third kappa shape index (κ3) is 6.29. The number of carbonyl (C=O) groups excluding carboxylic acids is 1. The summed E-state index contributed by atoms with van der Waals surface area (Å²) < 4.78 is 23.0. The summed E-state index contributed by atoms with van der Waals surface area (Å²) in [6.45, 7) is 0.122. The SMILES string of the molecule is CS(=O)(=O)CCNC(=O)C=Cc1ccc(-c2ccc(Br)cc2)s1. The van der Waals surface area contributed by atoms with E-state index in [1.54, 1.807) is 17.4 Å². The molecule has 0 aliphatic heterocycles. The fourth-order valence-corrected chi connectivity index (χ4v) is 3.44. The zero-order valence-corrected chi connectivity index (χ0v) is 15.7. The number of hydrogen-bond acceptors (Lipinski definition) is 4. The lowest BCUT2D eigenvalue weighted by Crippen LogP contribution is -2.27. The summed E-state index contributed by atoms with van der Waals surface area (Å²) in [5.74, 6) is -0.355. The Morgan fingerprint density at radius 1 is 1.22 bits per heavy atom. The number of amides is 1. The first-order valence-corrected chi connectivity index (χ1v) is 10.5. The van der Waals surface area contributed by atoms with Gasteiger partial charge in [-0.2, -0.15) is 0 Å². The first-order valence-electron chi connectivity index (χ1n) is 6.83. The topological polar surface area (TPSA) is 63.2 Å². The van der Waals surface area contributed by atoms with E-state index in [2.05, 4.69) is 21.2 Å². The fraction of sp³-hybridized carbons (Fsp3) is 0.188. The first-order chi connectivity index (χ1) is 10.8. The van der Waals surface area contributed by atoms with Gasteiger partial charge in [0, 0.05) is 33.1 Å². The van der Waals surface area contributed by atoms with Crippen LogP contribution in [0, 0.1) is 0 Å². The lowest BCUT2D eigenvalue weighted by atomic mass is 10.2. The number of thiophene rings is 1. The average Bonchev–Trinajstić information content (AvgIpc) is 2.93. The number of benzene rings is 1. The molecule has 1 aromatic carbocycles. The number of nitrogens with one attached hydrogen (secondary N) is 1. The van der Waals surface area contributed by atoms with E-state index in [1.807, 2.05) is 36.4 Å². The van der Waals surface area contributed by atoms with Gasteiger partial charge in [0.05, 0.1) is 5.75 Å². The van der Waals surface area contributed by atoms with E-state index >= 15 is 0 Å². The Morgan fingerprint density at radius 2 is 1.91 bits per heavy atom. The molecule has 122 valence electrons. The zero-order chi connectivity index (χ0) is 16.9. The second-order valence-electron chi connectivity index (χ2n) is 4.96. The van der Waals surface area contributed by atoms with Crippen molar-refractivity contribution in [1.29, 1.82) is 0 Å². The molecule has 0 spiro atoms. The maximum Gasteiger partial charge on any atom is 0.244 e. The van der Waals surface area contributed by atoms with Gasteiger partial charge in [0.2, 0.25) is 5.91 Å². The van der Waals surface area contributed by atoms with Crippen molar-refractivity contribution >= 4 is 49.1 Å². The van der Waals surface area contributed by atoms with Crippen LogP contribution >= 0.6 is 27.3 Å². The Morgan fingerprint density at radius 3 is 2.57 bits per heavy atom. The van der Waals surface area contributed by atoms with Crippen molar-refractivity contribution < 1.29 is 13.2 Å². The van der Waals surface area contributed by atoms with Crippen LogP contribution in [0.15, 0.2) is 46.9 Å². The van der Waals surface area contributed by atoms with Crippen LogP contribution in [0.1, 0.15) is 4.88 Å². The van der Waals surface area contributed by atoms with E-state index in [-0.39, 0.29) is 18.2 Å². The van der Waals surface area contributed by atoms with Gasteiger partial charge in [-0.25, -0.2) is 8.42 Å². The number of rotatable bonds is 6. The molecular formula is C16H16BrNO3S2. The molecule has 4 nitrogen and oxygen atoms in total. The predicted molar refractivity (Wildman–Crippen MR) is 99.2 cm³/mol. The monoisotopic (exact) mass is 413 g/mol. The molecule has 1 amide bonds. The maximum absolute atomic E-state index is 11.6. The van der Waals surface area contributed by atoms with Gasteiger partial charge >= 0.3 is 0 Å². The number of carbonyl (C=O) groups is 1. The Kier molecular flexibility index (Phi) is 6.15. The summed E-state index contributed by atoms with van der Waals surface area (Å²) in [6.07, 6.45) is 4.28. The lowest BCUT2D eigenvalue weighted by Gasteiger charge is -1.99. The summed E-state index contributed by atoms with van der Waals surface area (Å²) in [6, 6.07) is 12.0. The molecule has 0 fully saturated rings. The fourth-order valence-electron chi connectivity index (χ4n) is 1.79. The van der Waals surface area contributed by atoms with Gasteiger partial charge < -0.3 is 5.32 Å². The Balaban J connectivity index is 1.93. The summed E-state index contributed by atoms with van der Waals surface area (Å²) in [5, 5.41) is 2.55. The summed E-state index contributed by atoms with van der Waals surface area (Å²) >= 11 is 4.99. The molecule has 0 saturated carbocycles. The minimum atomic E-state index is -3.06. The van der Waals surface area contributed by atoms with Gasteiger partial charge in [-0.05, 0) is 35.9 Å². The minimum absolute atomic E-state index is 0.0563. The van der Waals surface area contributed by atoms with Gasteiger partial charge in [0.25, 0.3) is 0 Å². The van der Waals surface area contributed by atoms with Crippen molar-refractivity contribution in [3.05, 3.63) is 51.8 Å². The van der Waals surface area contributed by atoms with E-state index in [9.17, 15) is 13.2 Å². The van der Waals surface area contributed by atoms with Crippen LogP contribution in [-0.4, -0.2) is 32.9 Å². The molecule has 0 radical (unpaired) electrons. The summed E-state index contributed by atoms with van der Waals surface area (Å²) in [7, 11) is -3.06. The Hall–Kier alpha value is -1.44. The van der Waals surface area contributed by atoms with Gasteiger partial charge in [-0.15, -0.1) is 11.3 Å². The Labute approximate surface area is 148 Å². The van der Waals surface area contributed by atoms with Gasteiger partial charge in [0.1, 0.15) is 9.84 Å². The average molecular weight is 414 g/mol. The van der Waals surface area contributed by atoms with Crippen LogP contribution in [0.3, 0.4) is 0 Å². The van der Waals surface area contributed by atoms with Crippen LogP contribution in [0.4, 0.5) is 0 Å². The largest absolute Gasteiger partial charge is 0.352 e. The van der Waals surface area contributed by atoms with Crippen molar-refractivity contribution in [1.82, 2.24) is 5.32 Å². The molecule has 1 heterocycles. The van der Waals surface area contributed by atoms with Crippen molar-refractivity contribution in [2.24, 2.45) is 0 Å². The molecule has 0 bridgehead atoms. The van der Waals surface area contributed by atoms with Gasteiger partial charge in [0.15, 0.2) is 0 Å². The van der Waals surface area contributed by atoms with E-state index in [0.29, 0.717) is 0 Å².